The zero-order valence-corrected chi connectivity index (χ0v) is 22.3. The summed E-state index contributed by atoms with van der Waals surface area (Å²) in [6.07, 6.45) is 1.05. The van der Waals surface area contributed by atoms with Crippen LogP contribution in [0.2, 0.25) is 0 Å². The fourth-order valence-corrected chi connectivity index (χ4v) is 4.34. The Morgan fingerprint density at radius 3 is 2.05 bits per heavy atom. The van der Waals surface area contributed by atoms with E-state index in [0.717, 1.165) is 16.5 Å². The number of thiol groups is 1. The predicted molar refractivity (Wildman–Crippen MR) is 150 cm³/mol. The van der Waals surface area contributed by atoms with E-state index in [1.165, 1.54) is 0 Å². The van der Waals surface area contributed by atoms with E-state index in [-0.39, 0.29) is 18.6 Å². The number of benzene rings is 2. The highest BCUT2D eigenvalue weighted by atomic mass is 32.1. The zero-order valence-electron chi connectivity index (χ0n) is 21.4. The van der Waals surface area contributed by atoms with Crippen LogP contribution in [0.15, 0.2) is 60.8 Å². The van der Waals surface area contributed by atoms with Crippen LogP contribution in [0.3, 0.4) is 0 Å². The number of carboxylic acid groups (broad SMARTS) is 2. The Kier molecular flexibility index (Phi) is 10.7. The number of amides is 3. The molecule has 3 rings (SSSR count). The molecule has 8 N–H and O–H groups in total. The number of hydrogen-bond acceptors (Lipinski definition) is 7. The van der Waals surface area contributed by atoms with Crippen molar-refractivity contribution in [2.24, 2.45) is 5.73 Å². The summed E-state index contributed by atoms with van der Waals surface area (Å²) in [5.41, 5.74) is 8.41. The van der Waals surface area contributed by atoms with E-state index in [9.17, 15) is 34.2 Å². The van der Waals surface area contributed by atoms with E-state index in [0.29, 0.717) is 5.56 Å². The first-order valence-electron chi connectivity index (χ1n) is 12.4. The number of fused-ring (bicyclic) bond motifs is 1. The lowest BCUT2D eigenvalue weighted by Crippen LogP contribution is -2.58. The molecule has 3 aromatic rings. The van der Waals surface area contributed by atoms with Crippen molar-refractivity contribution in [3.63, 3.8) is 0 Å². The molecule has 0 saturated heterocycles. The van der Waals surface area contributed by atoms with Crippen LogP contribution >= 0.6 is 12.6 Å². The molecule has 0 aliphatic carbocycles. The van der Waals surface area contributed by atoms with Gasteiger partial charge in [-0.3, -0.25) is 19.2 Å². The Hall–Kier alpha value is -4.36. The van der Waals surface area contributed by atoms with Gasteiger partial charge in [0.15, 0.2) is 0 Å². The minimum absolute atomic E-state index is 0.0563. The average molecular weight is 570 g/mol. The number of rotatable bonds is 14. The van der Waals surface area contributed by atoms with Crippen molar-refractivity contribution in [2.45, 2.75) is 43.4 Å². The van der Waals surface area contributed by atoms with E-state index < -0.39 is 60.2 Å². The standard InChI is InChI=1S/C27H31N5O7S/c28-18(11-16-13-29-19-9-5-4-8-17(16)19)24(35)32-22(14-40)26(37)30-20(12-23(33)34)25(36)31-21(27(38)39)10-15-6-2-1-3-7-15/h1-9,13,18,20-22,29,40H,10-12,14,28H2,(H,30,37)(H,31,36)(H,32,35)(H,33,34)(H,38,39). The van der Waals surface area contributed by atoms with Crippen LogP contribution < -0.4 is 21.7 Å². The molecule has 4 unspecified atom stereocenters. The first-order chi connectivity index (χ1) is 19.1. The Morgan fingerprint density at radius 2 is 1.40 bits per heavy atom. The topological polar surface area (TPSA) is 204 Å². The Labute approximate surface area is 235 Å². The summed E-state index contributed by atoms with van der Waals surface area (Å²) in [6.45, 7) is 0. The molecule has 1 heterocycles. The van der Waals surface area contributed by atoms with Gasteiger partial charge >= 0.3 is 11.9 Å². The number of aromatic amines is 1. The second kappa shape index (κ2) is 14.1. The highest BCUT2D eigenvalue weighted by Gasteiger charge is 2.31. The molecule has 40 heavy (non-hydrogen) atoms. The molecule has 12 nitrogen and oxygen atoms in total. The zero-order chi connectivity index (χ0) is 29.2. The molecule has 0 fully saturated rings. The van der Waals surface area contributed by atoms with Gasteiger partial charge in [0.2, 0.25) is 17.7 Å². The first-order valence-corrected chi connectivity index (χ1v) is 13.0. The summed E-state index contributed by atoms with van der Waals surface area (Å²) >= 11 is 4.10. The maximum Gasteiger partial charge on any atom is 0.326 e. The third-order valence-corrected chi connectivity index (χ3v) is 6.54. The molecule has 0 aliphatic heterocycles. The van der Waals surface area contributed by atoms with Crippen molar-refractivity contribution in [1.82, 2.24) is 20.9 Å². The molecule has 4 atom stereocenters. The van der Waals surface area contributed by atoms with Crippen LogP contribution in [0.25, 0.3) is 10.9 Å². The quantitative estimate of drug-likeness (QED) is 0.126. The van der Waals surface area contributed by atoms with Gasteiger partial charge in [-0.15, -0.1) is 0 Å². The highest BCUT2D eigenvalue weighted by Crippen LogP contribution is 2.18. The van der Waals surface area contributed by atoms with Gasteiger partial charge in [0, 0.05) is 29.3 Å². The number of H-pyrrole nitrogens is 1. The predicted octanol–water partition coefficient (Wildman–Crippen LogP) is 0.224. The molecule has 212 valence electrons. The van der Waals surface area contributed by atoms with Crippen molar-refractivity contribution in [2.75, 3.05) is 5.75 Å². The maximum absolute atomic E-state index is 12.9. The van der Waals surface area contributed by atoms with Gasteiger partial charge in [-0.2, -0.15) is 12.6 Å². The van der Waals surface area contributed by atoms with E-state index in [2.05, 4.69) is 33.6 Å². The molecule has 3 amide bonds. The molecule has 1 aromatic heterocycles. The van der Waals surface area contributed by atoms with E-state index in [1.807, 2.05) is 24.3 Å². The Bertz CT molecular complexity index is 1360. The number of carbonyl (C=O) groups excluding carboxylic acids is 3. The van der Waals surface area contributed by atoms with Gasteiger partial charge in [0.25, 0.3) is 0 Å². The summed E-state index contributed by atoms with van der Waals surface area (Å²) in [5.74, 6) is -5.43. The second-order valence-electron chi connectivity index (χ2n) is 9.16. The van der Waals surface area contributed by atoms with Crippen molar-refractivity contribution in [1.29, 1.82) is 0 Å². The van der Waals surface area contributed by atoms with E-state index >= 15 is 0 Å². The summed E-state index contributed by atoms with van der Waals surface area (Å²) in [6, 6.07) is 10.8. The third-order valence-electron chi connectivity index (χ3n) is 6.18. The smallest absolute Gasteiger partial charge is 0.326 e. The van der Waals surface area contributed by atoms with Crippen LogP contribution in [-0.2, 0) is 36.8 Å². The van der Waals surface area contributed by atoms with Crippen LogP contribution in [0.5, 0.6) is 0 Å². The van der Waals surface area contributed by atoms with Crippen molar-refractivity contribution < 1.29 is 34.2 Å². The Balaban J connectivity index is 1.64. The monoisotopic (exact) mass is 569 g/mol. The fraction of sp³-hybridized carbons (Fsp3) is 0.296. The molecule has 0 radical (unpaired) electrons. The van der Waals surface area contributed by atoms with Crippen LogP contribution in [-0.4, -0.2) is 74.8 Å². The minimum atomic E-state index is -1.61. The van der Waals surface area contributed by atoms with Gasteiger partial charge in [0.1, 0.15) is 18.1 Å². The molecular formula is C27H31N5O7S. The summed E-state index contributed by atoms with van der Waals surface area (Å²) in [4.78, 5) is 64.8. The van der Waals surface area contributed by atoms with Gasteiger partial charge in [0.05, 0.1) is 12.5 Å². The number of para-hydroxylation sites is 1. The minimum Gasteiger partial charge on any atom is -0.481 e. The summed E-state index contributed by atoms with van der Waals surface area (Å²) in [5, 5.41) is 26.8. The largest absolute Gasteiger partial charge is 0.481 e. The summed E-state index contributed by atoms with van der Waals surface area (Å²) < 4.78 is 0. The number of carbonyl (C=O) groups is 5. The fourth-order valence-electron chi connectivity index (χ4n) is 4.08. The molecule has 0 saturated carbocycles. The highest BCUT2D eigenvalue weighted by molar-refractivity contribution is 7.80. The molecular weight excluding hydrogens is 538 g/mol. The lowest BCUT2D eigenvalue weighted by Gasteiger charge is -2.24. The maximum atomic E-state index is 12.9. The number of hydrogen-bond donors (Lipinski definition) is 8. The lowest BCUT2D eigenvalue weighted by atomic mass is 10.0. The molecule has 0 bridgehead atoms. The SMILES string of the molecule is NC(Cc1c[nH]c2ccccc12)C(=O)NC(CS)C(=O)NC(CC(=O)O)C(=O)NC(Cc1ccccc1)C(=O)O. The normalized spacial score (nSPS) is 13.9. The van der Waals surface area contributed by atoms with Gasteiger partial charge < -0.3 is 36.9 Å². The number of nitrogens with one attached hydrogen (secondary N) is 4. The van der Waals surface area contributed by atoms with Crippen LogP contribution in [0.1, 0.15) is 17.5 Å². The average Bonchev–Trinajstić information content (AvgIpc) is 3.33. The van der Waals surface area contributed by atoms with E-state index in [4.69, 9.17) is 5.73 Å². The van der Waals surface area contributed by atoms with E-state index in [1.54, 1.807) is 36.5 Å². The summed E-state index contributed by atoms with van der Waals surface area (Å²) in [7, 11) is 0. The number of aliphatic carboxylic acids is 2. The van der Waals surface area contributed by atoms with Crippen molar-refractivity contribution in [3.05, 3.63) is 71.9 Å². The Morgan fingerprint density at radius 1 is 0.800 bits per heavy atom. The second-order valence-corrected chi connectivity index (χ2v) is 9.53. The van der Waals surface area contributed by atoms with Crippen molar-refractivity contribution >= 4 is 53.2 Å². The molecule has 13 heteroatoms. The van der Waals surface area contributed by atoms with Crippen LogP contribution in [0.4, 0.5) is 0 Å². The molecule has 0 aliphatic rings. The lowest BCUT2D eigenvalue weighted by molar-refractivity contribution is -0.143. The number of nitrogens with two attached hydrogens (primary N) is 1. The molecule has 2 aromatic carbocycles. The van der Waals surface area contributed by atoms with Gasteiger partial charge in [-0.05, 0) is 23.6 Å². The van der Waals surface area contributed by atoms with Crippen molar-refractivity contribution in [3.8, 4) is 0 Å². The van der Waals surface area contributed by atoms with Gasteiger partial charge in [-0.1, -0.05) is 48.5 Å². The van der Waals surface area contributed by atoms with Crippen LogP contribution in [0, 0.1) is 0 Å². The van der Waals surface area contributed by atoms with Gasteiger partial charge in [-0.25, -0.2) is 4.79 Å². The third kappa shape index (κ3) is 8.32. The first kappa shape index (κ1) is 30.2. The number of carboxylic acids is 2. The number of aromatic nitrogens is 1. The molecule has 0 spiro atoms.